The lowest BCUT2D eigenvalue weighted by atomic mass is 10.3. The lowest BCUT2D eigenvalue weighted by Crippen LogP contribution is -2.33. The first-order chi connectivity index (χ1) is 4.81. The Morgan fingerprint density at radius 2 is 2.00 bits per heavy atom. The molecule has 0 aromatic carbocycles. The monoisotopic (exact) mass is 146 g/mol. The summed E-state index contributed by atoms with van der Waals surface area (Å²) >= 11 is 0. The first-order valence-corrected chi connectivity index (χ1v) is 3.65. The average molecular weight is 146 g/mol. The van der Waals surface area contributed by atoms with Crippen LogP contribution in [-0.4, -0.2) is 26.0 Å². The minimum Gasteiger partial charge on any atom is -0.355 e. The molecular weight excluding hydrogens is 128 g/mol. The fourth-order valence-corrected chi connectivity index (χ4v) is 0.481. The topological polar surface area (TPSA) is 41.1 Å². The molecule has 1 atom stereocenters. The smallest absolute Gasteiger partial charge is 0.207 e. The fraction of sp³-hybridized carbons (Fsp3) is 0.857. The highest BCUT2D eigenvalue weighted by Crippen LogP contribution is 1.71. The van der Waals surface area contributed by atoms with Crippen molar-refractivity contribution < 1.29 is 4.79 Å². The van der Waals surface area contributed by atoms with E-state index in [1.807, 2.05) is 27.8 Å². The van der Waals surface area contributed by atoms with E-state index in [9.17, 15) is 4.79 Å². The normalized spacial score (nSPS) is 10.8. The summed E-state index contributed by atoms with van der Waals surface area (Å²) in [5, 5.41) is 5.53. The van der Waals surface area contributed by atoms with Crippen LogP contribution in [-0.2, 0) is 4.79 Å². The van der Waals surface area contributed by atoms with Gasteiger partial charge < -0.3 is 10.6 Å². The zero-order valence-corrected chi connectivity index (χ0v) is 7.27. The molecule has 0 fully saturated rings. The molecule has 0 radical (unpaired) electrons. The first kappa shape index (κ1) is 12.1. The molecule has 1 amide bonds. The van der Waals surface area contributed by atoms with E-state index in [1.54, 1.807) is 0 Å². The fourth-order valence-electron chi connectivity index (χ4n) is 0.481. The lowest BCUT2D eigenvalue weighted by Gasteiger charge is -2.06. The van der Waals surface area contributed by atoms with Crippen molar-refractivity contribution in [2.75, 3.05) is 13.6 Å². The van der Waals surface area contributed by atoms with Crippen molar-refractivity contribution in [1.29, 1.82) is 0 Å². The van der Waals surface area contributed by atoms with Crippen LogP contribution in [0.2, 0.25) is 0 Å². The van der Waals surface area contributed by atoms with Gasteiger partial charge >= 0.3 is 0 Å². The zero-order chi connectivity index (χ0) is 8.41. The second-order valence-corrected chi connectivity index (χ2v) is 1.74. The minimum atomic E-state index is 0.234. The molecule has 0 aliphatic carbocycles. The van der Waals surface area contributed by atoms with Crippen molar-refractivity contribution in [2.24, 2.45) is 0 Å². The molecule has 1 unspecified atom stereocenters. The number of rotatable bonds is 4. The maximum atomic E-state index is 9.75. The van der Waals surface area contributed by atoms with Crippen molar-refractivity contribution in [3.63, 3.8) is 0 Å². The van der Waals surface area contributed by atoms with E-state index >= 15 is 0 Å². The Labute approximate surface area is 63.2 Å². The number of carbonyl (C=O) groups excluding carboxylic acids is 1. The summed E-state index contributed by atoms with van der Waals surface area (Å²) in [5.74, 6) is 0. The molecule has 0 aliphatic heterocycles. The molecule has 0 aromatic heterocycles. The first-order valence-electron chi connectivity index (χ1n) is 3.65. The zero-order valence-electron chi connectivity index (χ0n) is 7.27. The standard InChI is InChI=1S/C5H12N2O.C2H6/c1-5(3-6-2)7-4-8;1-2/h4-6H,3H2,1-2H3,(H,7,8);1-2H3. The summed E-state index contributed by atoms with van der Waals surface area (Å²) in [6.07, 6.45) is 0.710. The van der Waals surface area contributed by atoms with E-state index in [-0.39, 0.29) is 6.04 Å². The molecule has 62 valence electrons. The quantitative estimate of drug-likeness (QED) is 0.562. The van der Waals surface area contributed by atoms with Gasteiger partial charge in [-0.1, -0.05) is 13.8 Å². The second kappa shape index (κ2) is 11.3. The molecule has 0 spiro atoms. The number of nitrogens with one attached hydrogen (secondary N) is 2. The molecule has 0 saturated heterocycles. The summed E-state index contributed by atoms with van der Waals surface area (Å²) < 4.78 is 0. The molecule has 3 nitrogen and oxygen atoms in total. The molecule has 0 saturated carbocycles. The van der Waals surface area contributed by atoms with E-state index in [0.29, 0.717) is 6.41 Å². The summed E-state index contributed by atoms with van der Waals surface area (Å²) in [6, 6.07) is 0.234. The van der Waals surface area contributed by atoms with Gasteiger partial charge in [-0.15, -0.1) is 0 Å². The van der Waals surface area contributed by atoms with E-state index in [1.165, 1.54) is 0 Å². The van der Waals surface area contributed by atoms with Crippen molar-refractivity contribution >= 4 is 6.41 Å². The van der Waals surface area contributed by atoms with Crippen LogP contribution in [0.5, 0.6) is 0 Å². The molecule has 0 rings (SSSR count). The highest BCUT2D eigenvalue weighted by Gasteiger charge is 1.93. The van der Waals surface area contributed by atoms with Crippen molar-refractivity contribution in [2.45, 2.75) is 26.8 Å². The highest BCUT2D eigenvalue weighted by molar-refractivity contribution is 5.46. The van der Waals surface area contributed by atoms with Crippen molar-refractivity contribution in [1.82, 2.24) is 10.6 Å². The highest BCUT2D eigenvalue weighted by atomic mass is 16.1. The number of carbonyl (C=O) groups is 1. The van der Waals surface area contributed by atoms with Crippen LogP contribution < -0.4 is 10.6 Å². The van der Waals surface area contributed by atoms with Gasteiger partial charge in [0.2, 0.25) is 6.41 Å². The average Bonchev–Trinajstić information content (AvgIpc) is 1.93. The second-order valence-electron chi connectivity index (χ2n) is 1.74. The number of hydrogen-bond acceptors (Lipinski definition) is 2. The third-order valence-electron chi connectivity index (χ3n) is 0.863. The molecule has 0 bridgehead atoms. The van der Waals surface area contributed by atoms with Crippen LogP contribution in [0.25, 0.3) is 0 Å². The summed E-state index contributed by atoms with van der Waals surface area (Å²) in [6.45, 7) is 6.75. The maximum Gasteiger partial charge on any atom is 0.207 e. The predicted molar refractivity (Wildman–Crippen MR) is 43.9 cm³/mol. The van der Waals surface area contributed by atoms with Gasteiger partial charge in [-0.05, 0) is 14.0 Å². The van der Waals surface area contributed by atoms with Crippen LogP contribution in [0.15, 0.2) is 0 Å². The number of likely N-dealkylation sites (N-methyl/N-ethyl adjacent to an activating group) is 1. The lowest BCUT2D eigenvalue weighted by molar-refractivity contribution is -0.110. The van der Waals surface area contributed by atoms with Gasteiger partial charge in [-0.3, -0.25) is 4.79 Å². The summed E-state index contributed by atoms with van der Waals surface area (Å²) in [4.78, 5) is 9.75. The molecule has 10 heavy (non-hydrogen) atoms. The van der Waals surface area contributed by atoms with Crippen molar-refractivity contribution in [3.05, 3.63) is 0 Å². The maximum absolute atomic E-state index is 9.75. The van der Waals surface area contributed by atoms with E-state index in [4.69, 9.17) is 0 Å². The Morgan fingerprint density at radius 3 is 2.30 bits per heavy atom. The third-order valence-corrected chi connectivity index (χ3v) is 0.863. The van der Waals surface area contributed by atoms with Gasteiger partial charge in [0.05, 0.1) is 0 Å². The van der Waals surface area contributed by atoms with Crippen LogP contribution in [0, 0.1) is 0 Å². The molecule has 2 N–H and O–H groups in total. The van der Waals surface area contributed by atoms with Crippen LogP contribution in [0.1, 0.15) is 20.8 Å². The van der Waals surface area contributed by atoms with Gasteiger partial charge in [0, 0.05) is 12.6 Å². The van der Waals surface area contributed by atoms with Gasteiger partial charge in [0.1, 0.15) is 0 Å². The Morgan fingerprint density at radius 1 is 1.50 bits per heavy atom. The largest absolute Gasteiger partial charge is 0.355 e. The number of amides is 1. The van der Waals surface area contributed by atoms with Crippen LogP contribution in [0.3, 0.4) is 0 Å². The Kier molecular flexibility index (Phi) is 13.7. The molecule has 0 heterocycles. The Hall–Kier alpha value is -0.570. The predicted octanol–water partition coefficient (Wildman–Crippen LogP) is 0.366. The summed E-state index contributed by atoms with van der Waals surface area (Å²) in [5.41, 5.74) is 0. The Bertz CT molecular complexity index is 66.6. The van der Waals surface area contributed by atoms with E-state index in [0.717, 1.165) is 6.54 Å². The third kappa shape index (κ3) is 10.4. The Balaban J connectivity index is 0. The summed E-state index contributed by atoms with van der Waals surface area (Å²) in [7, 11) is 1.85. The number of hydrogen-bond donors (Lipinski definition) is 2. The van der Waals surface area contributed by atoms with Crippen LogP contribution in [0.4, 0.5) is 0 Å². The molecular formula is C7H18N2O. The van der Waals surface area contributed by atoms with Crippen molar-refractivity contribution in [3.8, 4) is 0 Å². The van der Waals surface area contributed by atoms with Crippen LogP contribution >= 0.6 is 0 Å². The minimum absolute atomic E-state index is 0.234. The van der Waals surface area contributed by atoms with Gasteiger partial charge in [-0.2, -0.15) is 0 Å². The van der Waals surface area contributed by atoms with Gasteiger partial charge in [0.25, 0.3) is 0 Å². The van der Waals surface area contributed by atoms with E-state index < -0.39 is 0 Å². The molecule has 0 aromatic rings. The van der Waals surface area contributed by atoms with E-state index in [2.05, 4.69) is 10.6 Å². The molecule has 0 aliphatic rings. The SMILES string of the molecule is CC.CNCC(C)NC=O. The molecule has 3 heteroatoms. The van der Waals surface area contributed by atoms with Gasteiger partial charge in [-0.25, -0.2) is 0 Å². The van der Waals surface area contributed by atoms with Gasteiger partial charge in [0.15, 0.2) is 0 Å².